The Morgan fingerprint density at radius 2 is 1.90 bits per heavy atom. The van der Waals surface area contributed by atoms with Crippen molar-refractivity contribution in [3.8, 4) is 17.1 Å². The Bertz CT molecular complexity index is 714. The van der Waals surface area contributed by atoms with E-state index in [9.17, 15) is 5.11 Å². The fourth-order valence-electron chi connectivity index (χ4n) is 2.28. The van der Waals surface area contributed by atoms with Gasteiger partial charge in [-0.25, -0.2) is 4.98 Å². The number of nitrogens with zero attached hydrogens (tertiary/aromatic N) is 2. The van der Waals surface area contributed by atoms with Gasteiger partial charge in [-0.3, -0.25) is 0 Å². The summed E-state index contributed by atoms with van der Waals surface area (Å²) >= 11 is 0. The molecule has 20 heavy (non-hydrogen) atoms. The van der Waals surface area contributed by atoms with Crippen molar-refractivity contribution in [2.24, 2.45) is 0 Å². The number of hydrogen-bond donors (Lipinski definition) is 1. The second-order valence-corrected chi connectivity index (χ2v) is 4.91. The Labute approximate surface area is 118 Å². The molecule has 1 heterocycles. The van der Waals surface area contributed by atoms with E-state index in [0.717, 1.165) is 23.5 Å². The maximum Gasteiger partial charge on any atom is 0.140 e. The fourth-order valence-corrected chi connectivity index (χ4v) is 2.28. The number of imidazole rings is 1. The zero-order valence-corrected chi connectivity index (χ0v) is 11.3. The molecule has 1 N–H and O–H groups in total. The monoisotopic (exact) mass is 264 g/mol. The molecule has 0 atom stereocenters. The van der Waals surface area contributed by atoms with Gasteiger partial charge in [0, 0.05) is 24.5 Å². The van der Waals surface area contributed by atoms with Crippen molar-refractivity contribution in [3.05, 3.63) is 72.1 Å². The van der Waals surface area contributed by atoms with Crippen LogP contribution in [0.25, 0.3) is 11.4 Å². The Kier molecular flexibility index (Phi) is 3.25. The molecule has 0 saturated carbocycles. The number of phenols is 1. The maximum absolute atomic E-state index is 9.33. The largest absolute Gasteiger partial charge is 0.508 e. The number of aromatic hydroxyl groups is 1. The highest BCUT2D eigenvalue weighted by Crippen LogP contribution is 2.20. The first-order valence-corrected chi connectivity index (χ1v) is 6.58. The molecule has 0 aliphatic heterocycles. The van der Waals surface area contributed by atoms with E-state index in [1.165, 1.54) is 5.56 Å². The van der Waals surface area contributed by atoms with Crippen LogP contribution in [0.2, 0.25) is 0 Å². The number of benzene rings is 2. The Morgan fingerprint density at radius 1 is 1.10 bits per heavy atom. The zero-order valence-electron chi connectivity index (χ0n) is 11.3. The zero-order chi connectivity index (χ0) is 13.9. The number of phenolic OH excluding ortho intramolecular Hbond substituents is 1. The lowest BCUT2D eigenvalue weighted by Crippen LogP contribution is -2.01. The first-order valence-electron chi connectivity index (χ1n) is 6.58. The van der Waals surface area contributed by atoms with Gasteiger partial charge in [0.1, 0.15) is 11.6 Å². The van der Waals surface area contributed by atoms with E-state index in [1.54, 1.807) is 12.1 Å². The average molecular weight is 264 g/mol. The summed E-state index contributed by atoms with van der Waals surface area (Å²) in [7, 11) is 0. The first-order chi connectivity index (χ1) is 9.72. The summed E-state index contributed by atoms with van der Waals surface area (Å²) in [6.45, 7) is 2.82. The van der Waals surface area contributed by atoms with Gasteiger partial charge in [-0.05, 0) is 30.7 Å². The van der Waals surface area contributed by atoms with Crippen LogP contribution in [0.3, 0.4) is 0 Å². The van der Waals surface area contributed by atoms with E-state index >= 15 is 0 Å². The van der Waals surface area contributed by atoms with Gasteiger partial charge in [-0.2, -0.15) is 0 Å². The van der Waals surface area contributed by atoms with Gasteiger partial charge in [0.2, 0.25) is 0 Å². The molecule has 0 unspecified atom stereocenters. The predicted octanol–water partition coefficient (Wildman–Crippen LogP) is 3.61. The van der Waals surface area contributed by atoms with Gasteiger partial charge < -0.3 is 9.67 Å². The van der Waals surface area contributed by atoms with Crippen LogP contribution in [-0.2, 0) is 6.54 Å². The number of aryl methyl sites for hydroxylation is 1. The molecule has 2 aromatic carbocycles. The van der Waals surface area contributed by atoms with Crippen molar-refractivity contribution in [2.45, 2.75) is 13.5 Å². The predicted molar refractivity (Wildman–Crippen MR) is 79.6 cm³/mol. The highest BCUT2D eigenvalue weighted by molar-refractivity contribution is 5.56. The summed E-state index contributed by atoms with van der Waals surface area (Å²) in [5.74, 6) is 1.25. The van der Waals surface area contributed by atoms with Crippen molar-refractivity contribution < 1.29 is 5.11 Å². The molecule has 0 amide bonds. The summed E-state index contributed by atoms with van der Waals surface area (Å²) < 4.78 is 2.11. The average Bonchev–Trinajstić information content (AvgIpc) is 2.89. The van der Waals surface area contributed by atoms with Gasteiger partial charge >= 0.3 is 0 Å². The van der Waals surface area contributed by atoms with Crippen molar-refractivity contribution >= 4 is 0 Å². The standard InChI is InChI=1S/C17H16N2O/c1-13-3-2-4-15(11-13)17-18-9-10-19(17)12-14-5-7-16(20)8-6-14/h2-11,20H,12H2,1H3. The topological polar surface area (TPSA) is 38.0 Å². The molecule has 1 aromatic heterocycles. The van der Waals surface area contributed by atoms with Crippen molar-refractivity contribution in [1.82, 2.24) is 9.55 Å². The summed E-state index contributed by atoms with van der Waals surface area (Å²) in [5, 5.41) is 9.33. The quantitative estimate of drug-likeness (QED) is 0.784. The van der Waals surface area contributed by atoms with Crippen LogP contribution in [0.1, 0.15) is 11.1 Å². The molecule has 0 aliphatic carbocycles. The smallest absolute Gasteiger partial charge is 0.140 e. The maximum atomic E-state index is 9.33. The van der Waals surface area contributed by atoms with E-state index in [4.69, 9.17) is 0 Å². The molecule has 0 radical (unpaired) electrons. The van der Waals surface area contributed by atoms with Crippen LogP contribution >= 0.6 is 0 Å². The molecule has 0 fully saturated rings. The third-order valence-corrected chi connectivity index (χ3v) is 3.28. The van der Waals surface area contributed by atoms with Gasteiger partial charge in [0.25, 0.3) is 0 Å². The molecule has 3 nitrogen and oxygen atoms in total. The minimum absolute atomic E-state index is 0.290. The van der Waals surface area contributed by atoms with E-state index in [-0.39, 0.29) is 0 Å². The fraction of sp³-hybridized carbons (Fsp3) is 0.118. The number of rotatable bonds is 3. The molecular formula is C17H16N2O. The van der Waals surface area contributed by atoms with Gasteiger partial charge in [0.15, 0.2) is 0 Å². The SMILES string of the molecule is Cc1cccc(-c2nccn2Cc2ccc(O)cc2)c1. The summed E-state index contributed by atoms with van der Waals surface area (Å²) in [4.78, 5) is 4.45. The molecular weight excluding hydrogens is 248 g/mol. The van der Waals surface area contributed by atoms with Crippen molar-refractivity contribution in [3.63, 3.8) is 0 Å². The molecule has 3 heteroatoms. The van der Waals surface area contributed by atoms with Crippen molar-refractivity contribution in [2.75, 3.05) is 0 Å². The Morgan fingerprint density at radius 3 is 2.65 bits per heavy atom. The highest BCUT2D eigenvalue weighted by atomic mass is 16.3. The molecule has 0 saturated heterocycles. The molecule has 0 spiro atoms. The minimum Gasteiger partial charge on any atom is -0.508 e. The minimum atomic E-state index is 0.290. The first kappa shape index (κ1) is 12.5. The van der Waals surface area contributed by atoms with Gasteiger partial charge in [-0.15, -0.1) is 0 Å². The number of aromatic nitrogens is 2. The lowest BCUT2D eigenvalue weighted by atomic mass is 10.1. The molecule has 0 aliphatic rings. The van der Waals surface area contributed by atoms with Crippen LogP contribution in [0.15, 0.2) is 60.9 Å². The third kappa shape index (κ3) is 2.57. The lowest BCUT2D eigenvalue weighted by molar-refractivity contribution is 0.475. The second-order valence-electron chi connectivity index (χ2n) is 4.91. The molecule has 3 aromatic rings. The normalized spacial score (nSPS) is 10.7. The number of hydrogen-bond acceptors (Lipinski definition) is 2. The molecule has 100 valence electrons. The second kappa shape index (κ2) is 5.21. The van der Waals surface area contributed by atoms with E-state index < -0.39 is 0 Å². The van der Waals surface area contributed by atoms with Gasteiger partial charge in [0.05, 0.1) is 0 Å². The lowest BCUT2D eigenvalue weighted by Gasteiger charge is -2.09. The summed E-state index contributed by atoms with van der Waals surface area (Å²) in [6, 6.07) is 15.6. The summed E-state index contributed by atoms with van der Waals surface area (Å²) in [5.41, 5.74) is 3.48. The Balaban J connectivity index is 1.92. The van der Waals surface area contributed by atoms with Crippen LogP contribution in [0, 0.1) is 6.92 Å². The molecule has 3 rings (SSSR count). The highest BCUT2D eigenvalue weighted by Gasteiger charge is 2.06. The van der Waals surface area contributed by atoms with Crippen LogP contribution < -0.4 is 0 Å². The van der Waals surface area contributed by atoms with Crippen LogP contribution in [-0.4, -0.2) is 14.7 Å². The molecule has 0 bridgehead atoms. The van der Waals surface area contributed by atoms with E-state index in [2.05, 4.69) is 34.7 Å². The van der Waals surface area contributed by atoms with Gasteiger partial charge in [-0.1, -0.05) is 35.9 Å². The van der Waals surface area contributed by atoms with Crippen molar-refractivity contribution in [1.29, 1.82) is 0 Å². The van der Waals surface area contributed by atoms with Crippen LogP contribution in [0.5, 0.6) is 5.75 Å². The summed E-state index contributed by atoms with van der Waals surface area (Å²) in [6.07, 6.45) is 3.79. The van der Waals surface area contributed by atoms with Crippen LogP contribution in [0.4, 0.5) is 0 Å². The van der Waals surface area contributed by atoms with E-state index in [0.29, 0.717) is 5.75 Å². The Hall–Kier alpha value is -2.55. The third-order valence-electron chi connectivity index (χ3n) is 3.28. The van der Waals surface area contributed by atoms with E-state index in [1.807, 2.05) is 30.6 Å².